The number of carbonyl (C=O) groups is 2. The van der Waals surface area contributed by atoms with Gasteiger partial charge < -0.3 is 4.74 Å². The van der Waals surface area contributed by atoms with Gasteiger partial charge in [-0.25, -0.2) is 0 Å². The first-order chi connectivity index (χ1) is 6.17. The van der Waals surface area contributed by atoms with Gasteiger partial charge in [0.25, 0.3) is 0 Å². The molecule has 1 atom stereocenters. The number of Topliss-reactive ketones (excluding diaryl/α,β-unsaturated/α-hetero) is 1. The minimum Gasteiger partial charge on any atom is -0.465 e. The Labute approximate surface area is 79.5 Å². The van der Waals surface area contributed by atoms with Crippen molar-refractivity contribution in [3.63, 3.8) is 0 Å². The molecule has 0 amide bonds. The smallest absolute Gasteiger partial charge is 0.316 e. The van der Waals surface area contributed by atoms with Crippen LogP contribution in [0.25, 0.3) is 0 Å². The number of rotatable bonds is 6. The van der Waals surface area contributed by atoms with E-state index in [0.29, 0.717) is 19.4 Å². The van der Waals surface area contributed by atoms with Gasteiger partial charge in [-0.15, -0.1) is 0 Å². The van der Waals surface area contributed by atoms with Gasteiger partial charge in [-0.1, -0.05) is 13.8 Å². The molecule has 3 heteroatoms. The number of ether oxygens (including phenoxy) is 1. The fourth-order valence-electron chi connectivity index (χ4n) is 1.19. The average molecular weight is 186 g/mol. The van der Waals surface area contributed by atoms with E-state index in [-0.39, 0.29) is 11.8 Å². The molecule has 0 saturated heterocycles. The number of hydrogen-bond acceptors (Lipinski definition) is 3. The highest BCUT2D eigenvalue weighted by molar-refractivity contribution is 5.98. The van der Waals surface area contributed by atoms with Crippen LogP contribution in [0.4, 0.5) is 0 Å². The maximum Gasteiger partial charge on any atom is 0.316 e. The van der Waals surface area contributed by atoms with Crippen LogP contribution in [-0.2, 0) is 14.3 Å². The van der Waals surface area contributed by atoms with E-state index in [1.165, 1.54) is 0 Å². The summed E-state index contributed by atoms with van der Waals surface area (Å²) in [7, 11) is 0. The number of ketones is 1. The highest BCUT2D eigenvalue weighted by Crippen LogP contribution is 2.10. The van der Waals surface area contributed by atoms with Gasteiger partial charge in [-0.05, 0) is 19.8 Å². The Morgan fingerprint density at radius 2 is 1.85 bits per heavy atom. The Balaban J connectivity index is 4.15. The van der Waals surface area contributed by atoms with Crippen molar-refractivity contribution in [2.45, 2.75) is 40.0 Å². The molecule has 76 valence electrons. The van der Waals surface area contributed by atoms with E-state index in [9.17, 15) is 9.59 Å². The molecule has 0 saturated carbocycles. The summed E-state index contributed by atoms with van der Waals surface area (Å²) in [5, 5.41) is 0. The van der Waals surface area contributed by atoms with Crippen molar-refractivity contribution in [1.82, 2.24) is 0 Å². The van der Waals surface area contributed by atoms with Gasteiger partial charge in [0.15, 0.2) is 0 Å². The predicted octanol–water partition coefficient (Wildman–Crippen LogP) is 1.94. The van der Waals surface area contributed by atoms with Gasteiger partial charge in [-0.3, -0.25) is 9.59 Å². The Kier molecular flexibility index (Phi) is 6.20. The van der Waals surface area contributed by atoms with Gasteiger partial charge in [0, 0.05) is 6.42 Å². The first kappa shape index (κ1) is 12.1. The molecule has 0 rings (SSSR count). The Morgan fingerprint density at radius 1 is 1.23 bits per heavy atom. The quantitative estimate of drug-likeness (QED) is 0.470. The molecule has 0 radical (unpaired) electrons. The summed E-state index contributed by atoms with van der Waals surface area (Å²) in [5.74, 6) is -0.910. The van der Waals surface area contributed by atoms with E-state index in [2.05, 4.69) is 0 Å². The summed E-state index contributed by atoms with van der Waals surface area (Å²) >= 11 is 0. The van der Waals surface area contributed by atoms with E-state index >= 15 is 0 Å². The lowest BCUT2D eigenvalue weighted by Gasteiger charge is -2.11. The van der Waals surface area contributed by atoms with Crippen LogP contribution in [0.2, 0.25) is 0 Å². The molecule has 0 spiro atoms. The Hall–Kier alpha value is -0.860. The lowest BCUT2D eigenvalue weighted by Crippen LogP contribution is -2.25. The summed E-state index contributed by atoms with van der Waals surface area (Å²) < 4.78 is 4.80. The van der Waals surface area contributed by atoms with Crippen molar-refractivity contribution in [3.05, 3.63) is 0 Å². The van der Waals surface area contributed by atoms with Crippen molar-refractivity contribution >= 4 is 11.8 Å². The lowest BCUT2D eigenvalue weighted by atomic mass is 9.98. The summed E-state index contributed by atoms with van der Waals surface area (Å²) in [6, 6.07) is 0. The third-order valence-electron chi connectivity index (χ3n) is 1.86. The zero-order chi connectivity index (χ0) is 10.3. The third kappa shape index (κ3) is 4.06. The maximum absolute atomic E-state index is 11.4. The van der Waals surface area contributed by atoms with Crippen LogP contribution >= 0.6 is 0 Å². The summed E-state index contributed by atoms with van der Waals surface area (Å²) in [5.41, 5.74) is 0. The van der Waals surface area contributed by atoms with Gasteiger partial charge in [-0.2, -0.15) is 0 Å². The van der Waals surface area contributed by atoms with E-state index < -0.39 is 5.92 Å². The van der Waals surface area contributed by atoms with Crippen LogP contribution < -0.4 is 0 Å². The lowest BCUT2D eigenvalue weighted by molar-refractivity contribution is -0.151. The fraction of sp³-hybridized carbons (Fsp3) is 0.800. The standard InChI is InChI=1S/C10H18O3/c1-4-7-9(11)8(5-2)10(12)13-6-3/h8H,4-7H2,1-3H3. The third-order valence-corrected chi connectivity index (χ3v) is 1.86. The second kappa shape index (κ2) is 6.63. The van der Waals surface area contributed by atoms with Gasteiger partial charge >= 0.3 is 5.97 Å². The molecule has 1 unspecified atom stereocenters. The Bertz CT molecular complexity index is 157. The first-order valence-electron chi connectivity index (χ1n) is 4.86. The van der Waals surface area contributed by atoms with Crippen LogP contribution in [0.15, 0.2) is 0 Å². The molecular formula is C10H18O3. The minimum absolute atomic E-state index is 0.00319. The molecule has 0 aliphatic heterocycles. The molecule has 0 heterocycles. The molecule has 0 N–H and O–H groups in total. The molecule has 0 aliphatic carbocycles. The zero-order valence-electron chi connectivity index (χ0n) is 8.63. The molecule has 0 bridgehead atoms. The minimum atomic E-state index is -0.542. The maximum atomic E-state index is 11.4. The highest BCUT2D eigenvalue weighted by atomic mass is 16.5. The largest absolute Gasteiger partial charge is 0.465 e. The summed E-state index contributed by atoms with van der Waals surface area (Å²) in [4.78, 5) is 22.6. The average Bonchev–Trinajstić information content (AvgIpc) is 2.06. The van der Waals surface area contributed by atoms with Gasteiger partial charge in [0.2, 0.25) is 0 Å². The number of hydrogen-bond donors (Lipinski definition) is 0. The highest BCUT2D eigenvalue weighted by Gasteiger charge is 2.24. The second-order valence-corrected chi connectivity index (χ2v) is 2.93. The predicted molar refractivity (Wildman–Crippen MR) is 50.3 cm³/mol. The summed E-state index contributed by atoms with van der Waals surface area (Å²) in [6.07, 6.45) is 1.80. The molecular weight excluding hydrogens is 168 g/mol. The SMILES string of the molecule is CCCC(=O)C(CC)C(=O)OCC. The topological polar surface area (TPSA) is 43.4 Å². The van der Waals surface area contributed by atoms with E-state index in [1.807, 2.05) is 13.8 Å². The number of carbonyl (C=O) groups excluding carboxylic acids is 2. The van der Waals surface area contributed by atoms with Gasteiger partial charge in [0.05, 0.1) is 6.61 Å². The molecule has 13 heavy (non-hydrogen) atoms. The van der Waals surface area contributed by atoms with Crippen molar-refractivity contribution in [2.75, 3.05) is 6.61 Å². The van der Waals surface area contributed by atoms with Crippen LogP contribution in [-0.4, -0.2) is 18.4 Å². The van der Waals surface area contributed by atoms with Gasteiger partial charge in [0.1, 0.15) is 11.7 Å². The molecule has 3 nitrogen and oxygen atoms in total. The van der Waals surface area contributed by atoms with Crippen LogP contribution in [0.1, 0.15) is 40.0 Å². The zero-order valence-corrected chi connectivity index (χ0v) is 8.63. The van der Waals surface area contributed by atoms with E-state index in [0.717, 1.165) is 6.42 Å². The monoisotopic (exact) mass is 186 g/mol. The Morgan fingerprint density at radius 3 is 2.23 bits per heavy atom. The van der Waals surface area contributed by atoms with E-state index in [4.69, 9.17) is 4.74 Å². The molecule has 0 aromatic rings. The van der Waals surface area contributed by atoms with Crippen molar-refractivity contribution in [1.29, 1.82) is 0 Å². The van der Waals surface area contributed by atoms with Crippen LogP contribution in [0.3, 0.4) is 0 Å². The normalized spacial score (nSPS) is 12.2. The van der Waals surface area contributed by atoms with E-state index in [1.54, 1.807) is 6.92 Å². The van der Waals surface area contributed by atoms with Crippen LogP contribution in [0, 0.1) is 5.92 Å². The second-order valence-electron chi connectivity index (χ2n) is 2.93. The van der Waals surface area contributed by atoms with Crippen molar-refractivity contribution in [3.8, 4) is 0 Å². The van der Waals surface area contributed by atoms with Crippen molar-refractivity contribution in [2.24, 2.45) is 5.92 Å². The molecule has 0 fully saturated rings. The number of esters is 1. The molecule has 0 aromatic heterocycles. The van der Waals surface area contributed by atoms with Crippen molar-refractivity contribution < 1.29 is 14.3 Å². The van der Waals surface area contributed by atoms with Crippen LogP contribution in [0.5, 0.6) is 0 Å². The molecule has 0 aromatic carbocycles. The first-order valence-corrected chi connectivity index (χ1v) is 4.86. The fourth-order valence-corrected chi connectivity index (χ4v) is 1.19. The summed E-state index contributed by atoms with van der Waals surface area (Å²) in [6.45, 7) is 5.84. The molecule has 0 aliphatic rings.